The summed E-state index contributed by atoms with van der Waals surface area (Å²) < 4.78 is 72.1. The summed E-state index contributed by atoms with van der Waals surface area (Å²) in [4.78, 5) is 33.7. The summed E-state index contributed by atoms with van der Waals surface area (Å²) in [7, 11) is 9.08. The number of esters is 2. The van der Waals surface area contributed by atoms with E-state index in [1.165, 1.54) is 74.4 Å². The van der Waals surface area contributed by atoms with Gasteiger partial charge in [-0.05, 0) is 108 Å². The van der Waals surface area contributed by atoms with Crippen LogP contribution in [0.5, 0.6) is 46.0 Å². The molecule has 17 nitrogen and oxygen atoms in total. The number of hydrogen-bond acceptors (Lipinski definition) is 17. The molecule has 5 aromatic rings. The van der Waals surface area contributed by atoms with Crippen molar-refractivity contribution in [1.29, 1.82) is 0 Å². The van der Waals surface area contributed by atoms with Crippen molar-refractivity contribution in [2.75, 3.05) is 89.8 Å². The van der Waals surface area contributed by atoms with Gasteiger partial charge in [0.15, 0.2) is 74.2 Å². The van der Waals surface area contributed by atoms with E-state index in [2.05, 4.69) is 51.5 Å². The number of ether oxygens (including phenoxy) is 14. The van der Waals surface area contributed by atoms with E-state index in [4.69, 9.17) is 61.6 Å². The number of ketones is 1. The number of rotatable bonds is 34. The quantitative estimate of drug-likeness (QED) is 0.0125. The molecular weight excluding hydrogens is 1080 g/mol. The number of benzene rings is 5. The van der Waals surface area contributed by atoms with Crippen molar-refractivity contribution in [1.82, 2.24) is 0 Å². The van der Waals surface area contributed by atoms with E-state index in [-0.39, 0.29) is 39.7 Å². The zero-order valence-electron chi connectivity index (χ0n) is 50.9. The molecule has 5 rings (SSSR count). The van der Waals surface area contributed by atoms with E-state index >= 15 is 0 Å². The number of hydrogen-bond donors (Lipinski definition) is 0. The Labute approximate surface area is 498 Å². The number of methoxy groups -OCH3 is 6. The van der Waals surface area contributed by atoms with Crippen molar-refractivity contribution < 1.29 is 80.7 Å². The molecule has 0 amide bonds. The van der Waals surface area contributed by atoms with Crippen molar-refractivity contribution in [2.45, 2.75) is 72.6 Å². The number of carbonyl (C=O) groups excluding carboxylic acids is 3. The minimum Gasteiger partial charge on any atom is -0.490 e. The van der Waals surface area contributed by atoms with Crippen molar-refractivity contribution in [3.8, 4) is 46.0 Å². The monoisotopic (exact) mass is 1160 g/mol. The van der Waals surface area contributed by atoms with Gasteiger partial charge >= 0.3 is 11.9 Å². The topological polar surface area (TPSA) is 180 Å². The molecule has 0 aliphatic rings. The lowest BCUT2D eigenvalue weighted by Crippen LogP contribution is -2.07. The lowest BCUT2D eigenvalue weighted by Gasteiger charge is -2.13. The van der Waals surface area contributed by atoms with Crippen molar-refractivity contribution in [2.24, 2.45) is 0 Å². The van der Waals surface area contributed by atoms with Crippen LogP contribution in [0.2, 0.25) is 0 Å². The zero-order valence-corrected chi connectivity index (χ0v) is 50.9. The van der Waals surface area contributed by atoms with Crippen LogP contribution in [0.15, 0.2) is 124 Å². The van der Waals surface area contributed by atoms with Gasteiger partial charge < -0.3 is 66.3 Å². The Balaban J connectivity index is 0.000000526. The molecule has 84 heavy (non-hydrogen) atoms. The average molecular weight is 1170 g/mol. The molecule has 0 bridgehead atoms. The maximum absolute atomic E-state index is 11.5. The molecule has 0 N–H and O–H groups in total. The molecule has 0 fully saturated rings. The standard InChI is InChI=1S/C16H24O3.C15H22O3.2C12H14O4.C12H14O3/c1-4-6-7-8-11-18-16-12-14(5-2)9-10-15(16)19-13-17-3;1-4-6-7-10-17-15-11-13(5-2)8-9-14(15)18-12-16-3;1-4-9-5-6-11(16-8-14-2)10(7-9)12(13)15-3;1-4-10-5-6-11(15-8-14-3)12(7-10)16-9(2)13;1-4-10-5-6-12(15-8-14-3)11(7-10)9(2)13/h5,9-10,12H,2,4,6-8,11,13H2,1,3H3;5,8-9,11H,2,4,6-7,10,12H2,1,3H3;2*4-7H,1,8H2,2-3H3;4-7H,1,8H2,2-3H3. The molecule has 0 heterocycles. The fourth-order valence-corrected chi connectivity index (χ4v) is 6.78. The summed E-state index contributed by atoms with van der Waals surface area (Å²) in [6.07, 6.45) is 16.7. The Morgan fingerprint density at radius 3 is 1.02 bits per heavy atom. The smallest absolute Gasteiger partial charge is 0.341 e. The van der Waals surface area contributed by atoms with Gasteiger partial charge in [0.2, 0.25) is 0 Å². The Bertz CT molecular complexity index is 2730. The van der Waals surface area contributed by atoms with Crippen LogP contribution in [0.25, 0.3) is 30.4 Å². The highest BCUT2D eigenvalue weighted by Crippen LogP contribution is 2.32. The van der Waals surface area contributed by atoms with Gasteiger partial charge in [-0.25, -0.2) is 4.79 Å². The molecule has 0 radical (unpaired) electrons. The van der Waals surface area contributed by atoms with E-state index in [9.17, 15) is 14.4 Å². The maximum Gasteiger partial charge on any atom is 0.341 e. The first-order valence-electron chi connectivity index (χ1n) is 27.2. The third-order valence-corrected chi connectivity index (χ3v) is 11.0. The van der Waals surface area contributed by atoms with Crippen LogP contribution in [-0.2, 0) is 33.2 Å². The Morgan fingerprint density at radius 1 is 0.369 bits per heavy atom. The van der Waals surface area contributed by atoms with E-state index < -0.39 is 11.9 Å². The van der Waals surface area contributed by atoms with Crippen LogP contribution in [0.3, 0.4) is 0 Å². The number of carbonyl (C=O) groups is 3. The van der Waals surface area contributed by atoms with Gasteiger partial charge in [-0.15, -0.1) is 0 Å². The summed E-state index contributed by atoms with van der Waals surface area (Å²) in [6.45, 7) is 27.8. The summed E-state index contributed by atoms with van der Waals surface area (Å²) in [6, 6.07) is 27.2. The van der Waals surface area contributed by atoms with Crippen LogP contribution in [0.1, 0.15) is 121 Å². The van der Waals surface area contributed by atoms with Crippen LogP contribution in [0.4, 0.5) is 0 Å². The van der Waals surface area contributed by atoms with Crippen molar-refractivity contribution in [3.63, 3.8) is 0 Å². The van der Waals surface area contributed by atoms with Crippen LogP contribution in [0, 0.1) is 0 Å². The fraction of sp³-hybridized carbons (Fsp3) is 0.358. The first-order chi connectivity index (χ1) is 40.7. The molecule has 5 aromatic carbocycles. The van der Waals surface area contributed by atoms with Crippen LogP contribution >= 0.6 is 0 Å². The van der Waals surface area contributed by atoms with Gasteiger partial charge in [0.05, 0.1) is 25.9 Å². The highest BCUT2D eigenvalue weighted by molar-refractivity contribution is 5.97. The van der Waals surface area contributed by atoms with Crippen LogP contribution in [-0.4, -0.2) is 108 Å². The number of unbranched alkanes of at least 4 members (excludes halogenated alkanes) is 5. The fourth-order valence-electron chi connectivity index (χ4n) is 6.78. The minimum atomic E-state index is -0.449. The zero-order chi connectivity index (χ0) is 62.3. The SMILES string of the molecule is C=Cc1ccc(OCOC)c(C(=O)OC)c1.C=Cc1ccc(OCOC)c(C(C)=O)c1.C=Cc1ccc(OCOC)c(OC(C)=O)c1.C=Cc1ccc(OCOC)c(OCCCCC)c1.C=Cc1ccc(OCOC)c(OCCCCCC)c1. The summed E-state index contributed by atoms with van der Waals surface area (Å²) in [5.41, 5.74) is 5.51. The van der Waals surface area contributed by atoms with E-state index in [0.717, 1.165) is 52.2 Å². The maximum atomic E-state index is 11.5. The van der Waals surface area contributed by atoms with E-state index in [1.54, 1.807) is 87.1 Å². The molecule has 0 saturated carbocycles. The van der Waals surface area contributed by atoms with Gasteiger partial charge in [0.1, 0.15) is 17.1 Å². The van der Waals surface area contributed by atoms with Gasteiger partial charge in [0, 0.05) is 42.5 Å². The van der Waals surface area contributed by atoms with Crippen molar-refractivity contribution in [3.05, 3.63) is 163 Å². The third kappa shape index (κ3) is 30.2. The van der Waals surface area contributed by atoms with Gasteiger partial charge in [-0.3, -0.25) is 9.59 Å². The molecule has 0 atom stereocenters. The van der Waals surface area contributed by atoms with E-state index in [1.807, 2.05) is 48.5 Å². The molecule has 0 aliphatic heterocycles. The second-order valence-corrected chi connectivity index (χ2v) is 17.5. The molecule has 458 valence electrons. The number of Topliss-reactive ketones (excluding diaryl/α,β-unsaturated/α-hetero) is 1. The van der Waals surface area contributed by atoms with Crippen LogP contribution < -0.4 is 37.9 Å². The molecule has 0 aliphatic carbocycles. The normalized spacial score (nSPS) is 9.88. The minimum absolute atomic E-state index is 0.0372. The largest absolute Gasteiger partial charge is 0.490 e. The highest BCUT2D eigenvalue weighted by atomic mass is 16.7. The predicted molar refractivity (Wildman–Crippen MR) is 332 cm³/mol. The lowest BCUT2D eigenvalue weighted by molar-refractivity contribution is -0.132. The summed E-state index contributed by atoms with van der Waals surface area (Å²) >= 11 is 0. The molecule has 17 heteroatoms. The molecule has 0 aromatic heterocycles. The summed E-state index contributed by atoms with van der Waals surface area (Å²) in [5, 5.41) is 0. The van der Waals surface area contributed by atoms with Gasteiger partial charge in [-0.2, -0.15) is 0 Å². The average Bonchev–Trinajstić information content (AvgIpc) is 3.73. The van der Waals surface area contributed by atoms with Gasteiger partial charge in [-0.1, -0.05) is 140 Å². The van der Waals surface area contributed by atoms with Crippen molar-refractivity contribution >= 4 is 48.1 Å². The second-order valence-electron chi connectivity index (χ2n) is 17.5. The summed E-state index contributed by atoms with van der Waals surface area (Å²) in [5.74, 6) is 3.83. The molecular formula is C67H88O17. The Kier molecular flexibility index (Phi) is 40.7. The molecule has 0 saturated heterocycles. The highest BCUT2D eigenvalue weighted by Gasteiger charge is 2.14. The van der Waals surface area contributed by atoms with Gasteiger partial charge in [0.25, 0.3) is 0 Å². The predicted octanol–water partition coefficient (Wildman–Crippen LogP) is 15.0. The van der Waals surface area contributed by atoms with E-state index in [0.29, 0.717) is 58.8 Å². The second kappa shape index (κ2) is 46.3. The Morgan fingerprint density at radius 2 is 0.679 bits per heavy atom. The first-order valence-corrected chi connectivity index (χ1v) is 27.2. The molecule has 0 spiro atoms. The third-order valence-electron chi connectivity index (χ3n) is 11.0. The Hall–Kier alpha value is -8.19. The lowest BCUT2D eigenvalue weighted by atomic mass is 10.1. The first kappa shape index (κ1) is 73.8. The molecule has 0 unspecified atom stereocenters.